The predicted molar refractivity (Wildman–Crippen MR) is 88.0 cm³/mol. The second kappa shape index (κ2) is 6.55. The van der Waals surface area contributed by atoms with Crippen molar-refractivity contribution >= 4 is 68.0 Å². The SMILES string of the molecule is Clc1ccc(CNc2cc(Cl)c(Cl)cc2Cl)c(Br)c1. The Morgan fingerprint density at radius 3 is 2.26 bits per heavy atom. The lowest BCUT2D eigenvalue weighted by Crippen LogP contribution is -2.00. The summed E-state index contributed by atoms with van der Waals surface area (Å²) < 4.78 is 0.934. The van der Waals surface area contributed by atoms with Crippen LogP contribution in [0.2, 0.25) is 20.1 Å². The van der Waals surface area contributed by atoms with E-state index in [4.69, 9.17) is 46.4 Å². The molecule has 6 heteroatoms. The van der Waals surface area contributed by atoms with E-state index in [0.717, 1.165) is 15.7 Å². The van der Waals surface area contributed by atoms with Crippen LogP contribution in [0.25, 0.3) is 0 Å². The highest BCUT2D eigenvalue weighted by molar-refractivity contribution is 9.10. The molecule has 2 rings (SSSR count). The minimum Gasteiger partial charge on any atom is -0.380 e. The van der Waals surface area contributed by atoms with E-state index in [2.05, 4.69) is 21.2 Å². The number of halogens is 5. The van der Waals surface area contributed by atoms with E-state index in [0.29, 0.717) is 26.6 Å². The van der Waals surface area contributed by atoms with Crippen molar-refractivity contribution in [3.8, 4) is 0 Å². The second-order valence-electron chi connectivity index (χ2n) is 3.84. The summed E-state index contributed by atoms with van der Waals surface area (Å²) in [5.74, 6) is 0. The van der Waals surface area contributed by atoms with Gasteiger partial charge in [0.1, 0.15) is 0 Å². The fraction of sp³-hybridized carbons (Fsp3) is 0.0769. The summed E-state index contributed by atoms with van der Waals surface area (Å²) in [6.07, 6.45) is 0. The van der Waals surface area contributed by atoms with Crippen molar-refractivity contribution in [3.63, 3.8) is 0 Å². The quantitative estimate of drug-likeness (QED) is 0.568. The van der Waals surface area contributed by atoms with Crippen LogP contribution in [-0.4, -0.2) is 0 Å². The summed E-state index contributed by atoms with van der Waals surface area (Å²) in [5.41, 5.74) is 1.80. The Balaban J connectivity index is 2.16. The highest BCUT2D eigenvalue weighted by Gasteiger charge is 2.07. The average molecular weight is 400 g/mol. The van der Waals surface area contributed by atoms with E-state index in [9.17, 15) is 0 Å². The third kappa shape index (κ3) is 3.93. The molecular weight excluding hydrogens is 392 g/mol. The predicted octanol–water partition coefficient (Wildman–Crippen LogP) is 6.67. The Morgan fingerprint density at radius 2 is 1.58 bits per heavy atom. The number of hydrogen-bond acceptors (Lipinski definition) is 1. The van der Waals surface area contributed by atoms with Crippen LogP contribution in [0.15, 0.2) is 34.8 Å². The molecule has 19 heavy (non-hydrogen) atoms. The highest BCUT2D eigenvalue weighted by Crippen LogP contribution is 2.33. The zero-order valence-electron chi connectivity index (χ0n) is 9.48. The standard InChI is InChI=1S/C13H8BrCl4N/c14-9-3-8(15)2-1-7(9)6-19-13-5-11(17)10(16)4-12(13)18/h1-5,19H,6H2. The van der Waals surface area contributed by atoms with Crippen molar-refractivity contribution in [2.45, 2.75) is 6.54 Å². The third-order valence-corrected chi connectivity index (χ3v) is 4.50. The normalized spacial score (nSPS) is 10.6. The smallest absolute Gasteiger partial charge is 0.0653 e. The van der Waals surface area contributed by atoms with Crippen LogP contribution < -0.4 is 5.32 Å². The van der Waals surface area contributed by atoms with Gasteiger partial charge in [-0.3, -0.25) is 0 Å². The van der Waals surface area contributed by atoms with Gasteiger partial charge in [0.15, 0.2) is 0 Å². The van der Waals surface area contributed by atoms with Gasteiger partial charge in [-0.2, -0.15) is 0 Å². The van der Waals surface area contributed by atoms with Crippen LogP contribution in [0.5, 0.6) is 0 Å². The van der Waals surface area contributed by atoms with Gasteiger partial charge in [0, 0.05) is 16.0 Å². The molecular formula is C13H8BrCl4N. The first kappa shape index (κ1) is 15.3. The van der Waals surface area contributed by atoms with Gasteiger partial charge >= 0.3 is 0 Å². The fourth-order valence-electron chi connectivity index (χ4n) is 1.51. The summed E-state index contributed by atoms with van der Waals surface area (Å²) in [7, 11) is 0. The first-order valence-electron chi connectivity index (χ1n) is 5.29. The van der Waals surface area contributed by atoms with Gasteiger partial charge < -0.3 is 5.32 Å². The van der Waals surface area contributed by atoms with Crippen molar-refractivity contribution < 1.29 is 0 Å². The maximum atomic E-state index is 6.09. The molecule has 0 unspecified atom stereocenters. The molecule has 1 N–H and O–H groups in total. The molecule has 0 atom stereocenters. The molecule has 0 radical (unpaired) electrons. The molecule has 100 valence electrons. The Labute approximate surface area is 139 Å². The maximum absolute atomic E-state index is 6.09. The number of rotatable bonds is 3. The number of nitrogens with one attached hydrogen (secondary N) is 1. The number of benzene rings is 2. The fourth-order valence-corrected chi connectivity index (χ4v) is 2.95. The third-order valence-electron chi connectivity index (χ3n) is 2.49. The molecule has 0 aliphatic heterocycles. The van der Waals surface area contributed by atoms with Crippen LogP contribution in [-0.2, 0) is 6.54 Å². The first-order chi connectivity index (χ1) is 8.97. The lowest BCUT2D eigenvalue weighted by Gasteiger charge is -2.11. The molecule has 0 saturated heterocycles. The largest absolute Gasteiger partial charge is 0.380 e. The zero-order valence-corrected chi connectivity index (χ0v) is 14.1. The number of anilines is 1. The van der Waals surface area contributed by atoms with Crippen molar-refractivity contribution in [1.82, 2.24) is 0 Å². The van der Waals surface area contributed by atoms with E-state index in [1.165, 1.54) is 0 Å². The molecule has 2 aromatic rings. The molecule has 0 bridgehead atoms. The van der Waals surface area contributed by atoms with Crippen LogP contribution in [0.4, 0.5) is 5.69 Å². The van der Waals surface area contributed by atoms with E-state index in [1.807, 2.05) is 18.2 Å². The zero-order chi connectivity index (χ0) is 14.0. The van der Waals surface area contributed by atoms with Gasteiger partial charge in [-0.15, -0.1) is 0 Å². The van der Waals surface area contributed by atoms with Crippen molar-refractivity contribution in [1.29, 1.82) is 0 Å². The molecule has 0 fully saturated rings. The second-order valence-corrected chi connectivity index (χ2v) is 6.35. The van der Waals surface area contributed by atoms with Crippen molar-refractivity contribution in [3.05, 3.63) is 60.5 Å². The van der Waals surface area contributed by atoms with Gasteiger partial charge in [-0.1, -0.05) is 68.4 Å². The van der Waals surface area contributed by atoms with Crippen molar-refractivity contribution in [2.24, 2.45) is 0 Å². The van der Waals surface area contributed by atoms with E-state index in [-0.39, 0.29) is 0 Å². The summed E-state index contributed by atoms with van der Waals surface area (Å²) >= 11 is 27.3. The van der Waals surface area contributed by atoms with Crippen LogP contribution >= 0.6 is 62.3 Å². The molecule has 0 aromatic heterocycles. The van der Waals surface area contributed by atoms with Gasteiger partial charge in [-0.25, -0.2) is 0 Å². The Bertz CT molecular complexity index is 616. The van der Waals surface area contributed by atoms with E-state index >= 15 is 0 Å². The highest BCUT2D eigenvalue weighted by atomic mass is 79.9. The van der Waals surface area contributed by atoms with Gasteiger partial charge in [0.25, 0.3) is 0 Å². The minimum absolute atomic E-state index is 0.435. The van der Waals surface area contributed by atoms with Crippen LogP contribution in [0.3, 0.4) is 0 Å². The summed E-state index contributed by atoms with van der Waals surface area (Å²) in [5, 5.41) is 5.32. The van der Waals surface area contributed by atoms with Gasteiger partial charge in [0.05, 0.1) is 20.8 Å². The molecule has 0 aliphatic rings. The lowest BCUT2D eigenvalue weighted by molar-refractivity contribution is 1.14. The molecule has 1 nitrogen and oxygen atoms in total. The summed E-state index contributed by atoms with van der Waals surface area (Å²) in [4.78, 5) is 0. The molecule has 0 aliphatic carbocycles. The number of hydrogen-bond donors (Lipinski definition) is 1. The molecule has 0 spiro atoms. The average Bonchev–Trinajstić information content (AvgIpc) is 2.34. The molecule has 2 aromatic carbocycles. The summed E-state index contributed by atoms with van der Waals surface area (Å²) in [6, 6.07) is 8.93. The Morgan fingerprint density at radius 1 is 0.895 bits per heavy atom. The topological polar surface area (TPSA) is 12.0 Å². The Kier molecular flexibility index (Phi) is 5.27. The monoisotopic (exact) mass is 397 g/mol. The van der Waals surface area contributed by atoms with Crippen LogP contribution in [0, 0.1) is 0 Å². The molecule has 0 heterocycles. The molecule has 0 amide bonds. The first-order valence-corrected chi connectivity index (χ1v) is 7.60. The van der Waals surface area contributed by atoms with E-state index in [1.54, 1.807) is 12.1 Å². The lowest BCUT2D eigenvalue weighted by atomic mass is 10.2. The van der Waals surface area contributed by atoms with Crippen LogP contribution in [0.1, 0.15) is 5.56 Å². The van der Waals surface area contributed by atoms with Gasteiger partial charge in [0.2, 0.25) is 0 Å². The van der Waals surface area contributed by atoms with Gasteiger partial charge in [-0.05, 0) is 29.8 Å². The minimum atomic E-state index is 0.435. The summed E-state index contributed by atoms with van der Waals surface area (Å²) in [6.45, 7) is 0.593. The Hall–Kier alpha value is -0.120. The van der Waals surface area contributed by atoms with E-state index < -0.39 is 0 Å². The molecule has 0 saturated carbocycles. The maximum Gasteiger partial charge on any atom is 0.0653 e. The van der Waals surface area contributed by atoms with Crippen molar-refractivity contribution in [2.75, 3.05) is 5.32 Å².